The fourth-order valence-corrected chi connectivity index (χ4v) is 3.87. The highest BCUT2D eigenvalue weighted by atomic mass is 32.2. The number of thioether (sulfide) groups is 1. The first-order valence-corrected chi connectivity index (χ1v) is 9.96. The van der Waals surface area contributed by atoms with Crippen LogP contribution in [0.2, 0.25) is 0 Å². The van der Waals surface area contributed by atoms with Gasteiger partial charge in [-0.05, 0) is 33.3 Å². The Morgan fingerprint density at radius 1 is 1.15 bits per heavy atom. The second-order valence-corrected chi connectivity index (χ2v) is 7.20. The van der Waals surface area contributed by atoms with Crippen molar-refractivity contribution in [1.29, 1.82) is 0 Å². The Morgan fingerprint density at radius 3 is 2.41 bits per heavy atom. The molecule has 0 unspecified atom stereocenters. The lowest BCUT2D eigenvalue weighted by Crippen LogP contribution is -2.16. The summed E-state index contributed by atoms with van der Waals surface area (Å²) in [5, 5.41) is 10.0. The Kier molecular flexibility index (Phi) is 7.36. The van der Waals surface area contributed by atoms with Gasteiger partial charge in [-0.1, -0.05) is 11.8 Å². The Bertz CT molecular complexity index is 846. The molecule has 0 bridgehead atoms. The third-order valence-corrected chi connectivity index (χ3v) is 5.28. The SMILES string of the molecule is CCOC(=O)c1sc(NC(=O)CSc2n[nH]c(C)n2)c(C(=O)OCC)c1C. The number of H-pyrrole nitrogens is 1. The lowest BCUT2D eigenvalue weighted by molar-refractivity contribution is -0.113. The van der Waals surface area contributed by atoms with Gasteiger partial charge in [0.2, 0.25) is 11.1 Å². The van der Waals surface area contributed by atoms with E-state index in [2.05, 4.69) is 20.5 Å². The Hall–Kier alpha value is -2.40. The summed E-state index contributed by atoms with van der Waals surface area (Å²) in [5.41, 5.74) is 0.585. The first-order chi connectivity index (χ1) is 12.9. The Balaban J connectivity index is 2.19. The molecule has 2 aromatic rings. The van der Waals surface area contributed by atoms with Gasteiger partial charge in [0.15, 0.2) is 0 Å². The molecule has 2 aromatic heterocycles. The lowest BCUT2D eigenvalue weighted by atomic mass is 10.1. The highest BCUT2D eigenvalue weighted by Crippen LogP contribution is 2.34. The standard InChI is InChI=1S/C16H20N4O5S2/c1-5-24-14(22)11-8(3)12(15(23)25-6-2)27-13(11)18-10(21)7-26-16-17-9(4)19-20-16/h5-7H2,1-4H3,(H,18,21)(H,17,19,20). The zero-order chi connectivity index (χ0) is 20.0. The topological polar surface area (TPSA) is 123 Å². The van der Waals surface area contributed by atoms with E-state index in [4.69, 9.17) is 9.47 Å². The number of hydrogen-bond acceptors (Lipinski definition) is 9. The maximum Gasteiger partial charge on any atom is 0.348 e. The Labute approximate surface area is 164 Å². The number of aryl methyl sites for hydroxylation is 1. The van der Waals surface area contributed by atoms with Crippen molar-refractivity contribution in [2.24, 2.45) is 0 Å². The van der Waals surface area contributed by atoms with Gasteiger partial charge in [0.25, 0.3) is 0 Å². The molecule has 0 aliphatic heterocycles. The molecule has 9 nitrogen and oxygen atoms in total. The fraction of sp³-hybridized carbons (Fsp3) is 0.438. The number of esters is 2. The van der Waals surface area contributed by atoms with E-state index < -0.39 is 11.9 Å². The maximum atomic E-state index is 12.3. The zero-order valence-electron chi connectivity index (χ0n) is 15.4. The normalized spacial score (nSPS) is 10.5. The molecular formula is C16H20N4O5S2. The summed E-state index contributed by atoms with van der Waals surface area (Å²) in [4.78, 5) is 41.0. The molecule has 0 saturated heterocycles. The summed E-state index contributed by atoms with van der Waals surface area (Å²) in [6.45, 7) is 7.14. The molecule has 0 aliphatic carbocycles. The van der Waals surface area contributed by atoms with Gasteiger partial charge in [-0.25, -0.2) is 14.6 Å². The number of nitrogens with one attached hydrogen (secondary N) is 2. The van der Waals surface area contributed by atoms with Crippen LogP contribution in [0.5, 0.6) is 0 Å². The minimum atomic E-state index is -0.602. The molecule has 0 radical (unpaired) electrons. The molecule has 0 saturated carbocycles. The number of hydrogen-bond donors (Lipinski definition) is 2. The molecule has 0 aromatic carbocycles. The van der Waals surface area contributed by atoms with Gasteiger partial charge >= 0.3 is 11.9 Å². The van der Waals surface area contributed by atoms with Crippen LogP contribution in [-0.2, 0) is 14.3 Å². The van der Waals surface area contributed by atoms with Gasteiger partial charge in [-0.15, -0.1) is 16.4 Å². The molecule has 0 fully saturated rings. The first kappa shape index (κ1) is 20.9. The number of aromatic amines is 1. The first-order valence-electron chi connectivity index (χ1n) is 8.16. The van der Waals surface area contributed by atoms with Crippen molar-refractivity contribution in [3.8, 4) is 0 Å². The molecule has 2 N–H and O–H groups in total. The fourth-order valence-electron chi connectivity index (χ4n) is 2.12. The highest BCUT2D eigenvalue weighted by molar-refractivity contribution is 7.99. The summed E-state index contributed by atoms with van der Waals surface area (Å²) >= 11 is 2.14. The number of thiophene rings is 1. The molecule has 2 heterocycles. The number of ether oxygens (including phenoxy) is 2. The number of carbonyl (C=O) groups excluding carboxylic acids is 3. The van der Waals surface area contributed by atoms with Crippen LogP contribution >= 0.6 is 23.1 Å². The predicted octanol–water partition coefficient (Wildman–Crippen LogP) is 2.57. The quantitative estimate of drug-likeness (QED) is 0.501. The summed E-state index contributed by atoms with van der Waals surface area (Å²) in [6.07, 6.45) is 0. The molecule has 0 aliphatic rings. The summed E-state index contributed by atoms with van der Waals surface area (Å²) in [5.74, 6) is -0.809. The van der Waals surface area contributed by atoms with Gasteiger partial charge < -0.3 is 14.8 Å². The van der Waals surface area contributed by atoms with Crippen LogP contribution < -0.4 is 5.32 Å². The second kappa shape index (κ2) is 9.51. The van der Waals surface area contributed by atoms with E-state index in [1.807, 2.05) is 0 Å². The van der Waals surface area contributed by atoms with Gasteiger partial charge in [0.05, 0.1) is 24.5 Å². The molecular weight excluding hydrogens is 392 g/mol. The monoisotopic (exact) mass is 412 g/mol. The van der Waals surface area contributed by atoms with E-state index in [1.165, 1.54) is 0 Å². The van der Waals surface area contributed by atoms with Crippen LogP contribution in [-0.4, -0.2) is 52.0 Å². The van der Waals surface area contributed by atoms with Gasteiger partial charge in [-0.2, -0.15) is 0 Å². The van der Waals surface area contributed by atoms with E-state index in [9.17, 15) is 14.4 Å². The summed E-state index contributed by atoms with van der Waals surface area (Å²) in [6, 6.07) is 0. The Morgan fingerprint density at radius 2 is 1.81 bits per heavy atom. The molecule has 2 rings (SSSR count). The van der Waals surface area contributed by atoms with Crippen molar-refractivity contribution < 1.29 is 23.9 Å². The zero-order valence-corrected chi connectivity index (χ0v) is 17.0. The average Bonchev–Trinajstić information content (AvgIpc) is 3.16. The van der Waals surface area contributed by atoms with Gasteiger partial charge in [-0.3, -0.25) is 9.89 Å². The third-order valence-electron chi connectivity index (χ3n) is 3.25. The number of amides is 1. The van der Waals surface area contributed by atoms with Gasteiger partial charge in [0.1, 0.15) is 15.7 Å². The average molecular weight is 412 g/mol. The number of carbonyl (C=O) groups is 3. The summed E-state index contributed by atoms with van der Waals surface area (Å²) < 4.78 is 10.1. The number of rotatable bonds is 8. The van der Waals surface area contributed by atoms with E-state index in [-0.39, 0.29) is 40.3 Å². The van der Waals surface area contributed by atoms with E-state index in [0.29, 0.717) is 16.5 Å². The molecule has 0 spiro atoms. The van der Waals surface area contributed by atoms with E-state index in [0.717, 1.165) is 23.1 Å². The molecule has 11 heteroatoms. The van der Waals surface area contributed by atoms with Crippen LogP contribution in [0.15, 0.2) is 5.16 Å². The van der Waals surface area contributed by atoms with Crippen molar-refractivity contribution in [3.05, 3.63) is 21.8 Å². The predicted molar refractivity (Wildman–Crippen MR) is 101 cm³/mol. The number of anilines is 1. The van der Waals surface area contributed by atoms with Crippen LogP contribution in [0.4, 0.5) is 5.00 Å². The van der Waals surface area contributed by atoms with Crippen LogP contribution in [0.3, 0.4) is 0 Å². The lowest BCUT2D eigenvalue weighted by Gasteiger charge is -2.06. The smallest absolute Gasteiger partial charge is 0.348 e. The third kappa shape index (κ3) is 5.30. The molecule has 0 atom stereocenters. The minimum Gasteiger partial charge on any atom is -0.462 e. The van der Waals surface area contributed by atoms with E-state index in [1.54, 1.807) is 27.7 Å². The van der Waals surface area contributed by atoms with Crippen molar-refractivity contribution >= 4 is 45.9 Å². The molecule has 27 heavy (non-hydrogen) atoms. The largest absolute Gasteiger partial charge is 0.462 e. The van der Waals surface area contributed by atoms with Crippen LogP contribution in [0.1, 0.15) is 45.3 Å². The van der Waals surface area contributed by atoms with Crippen LogP contribution in [0, 0.1) is 13.8 Å². The number of aromatic nitrogens is 3. The molecule has 146 valence electrons. The minimum absolute atomic E-state index is 0.0469. The van der Waals surface area contributed by atoms with E-state index >= 15 is 0 Å². The maximum absolute atomic E-state index is 12.3. The summed E-state index contributed by atoms with van der Waals surface area (Å²) in [7, 11) is 0. The van der Waals surface area contributed by atoms with Crippen molar-refractivity contribution in [2.45, 2.75) is 32.9 Å². The molecule has 1 amide bonds. The highest BCUT2D eigenvalue weighted by Gasteiger charge is 2.27. The number of nitrogens with zero attached hydrogens (tertiary/aromatic N) is 2. The van der Waals surface area contributed by atoms with Gasteiger partial charge in [0, 0.05) is 0 Å². The van der Waals surface area contributed by atoms with Crippen LogP contribution in [0.25, 0.3) is 0 Å². The second-order valence-electron chi connectivity index (χ2n) is 5.24. The van der Waals surface area contributed by atoms with Crippen molar-refractivity contribution in [3.63, 3.8) is 0 Å². The van der Waals surface area contributed by atoms with Crippen molar-refractivity contribution in [1.82, 2.24) is 15.2 Å². The van der Waals surface area contributed by atoms with Crippen molar-refractivity contribution in [2.75, 3.05) is 24.3 Å².